The molecule has 2 aromatic rings. The highest BCUT2D eigenvalue weighted by Gasteiger charge is 2.19. The van der Waals surface area contributed by atoms with E-state index in [-0.39, 0.29) is 18.4 Å². The Morgan fingerprint density at radius 1 is 1.33 bits per heavy atom. The molecule has 1 aromatic carbocycles. The van der Waals surface area contributed by atoms with Crippen LogP contribution in [0.4, 0.5) is 5.13 Å². The third-order valence-corrected chi connectivity index (χ3v) is 4.50. The summed E-state index contributed by atoms with van der Waals surface area (Å²) in [6.45, 7) is 2.54. The van der Waals surface area contributed by atoms with Crippen LogP contribution in [0.15, 0.2) is 34.9 Å². The van der Waals surface area contributed by atoms with Gasteiger partial charge in [0.1, 0.15) is 6.54 Å². The lowest BCUT2D eigenvalue weighted by molar-refractivity contribution is -0.117. The van der Waals surface area contributed by atoms with Gasteiger partial charge in [-0.2, -0.15) is 0 Å². The number of amides is 2. The van der Waals surface area contributed by atoms with Gasteiger partial charge in [0.2, 0.25) is 5.91 Å². The molecule has 0 fully saturated rings. The number of hydrogen-bond donors (Lipinski definition) is 1. The number of rotatable bonds is 7. The van der Waals surface area contributed by atoms with Gasteiger partial charge in [0, 0.05) is 34.8 Å². The highest BCUT2D eigenvalue weighted by atomic mass is 79.9. The minimum absolute atomic E-state index is 0.0586. The number of carbonyl (C=O) groups excluding carboxylic acids is 2. The van der Waals surface area contributed by atoms with Crippen molar-refractivity contribution in [3.63, 3.8) is 0 Å². The average Bonchev–Trinajstić information content (AvgIpc) is 2.96. The Morgan fingerprint density at radius 3 is 2.62 bits per heavy atom. The van der Waals surface area contributed by atoms with Crippen LogP contribution in [0.1, 0.15) is 15.2 Å². The summed E-state index contributed by atoms with van der Waals surface area (Å²) in [4.78, 5) is 31.4. The van der Waals surface area contributed by atoms with Gasteiger partial charge in [0.25, 0.3) is 5.91 Å². The zero-order valence-corrected chi connectivity index (χ0v) is 15.8. The first kappa shape index (κ1) is 18.6. The van der Waals surface area contributed by atoms with Gasteiger partial charge >= 0.3 is 0 Å². The molecule has 0 bridgehead atoms. The average molecular weight is 412 g/mol. The van der Waals surface area contributed by atoms with Gasteiger partial charge in [-0.3, -0.25) is 9.59 Å². The summed E-state index contributed by atoms with van der Waals surface area (Å²) in [6.07, 6.45) is 1.69. The van der Waals surface area contributed by atoms with Crippen LogP contribution in [0.2, 0.25) is 0 Å². The quantitative estimate of drug-likeness (QED) is 0.759. The minimum Gasteiger partial charge on any atom is -0.383 e. The normalized spacial score (nSPS) is 10.5. The maximum Gasteiger partial charge on any atom is 0.254 e. The Bertz CT molecular complexity index is 703. The number of hydrogen-bond acceptors (Lipinski definition) is 5. The van der Waals surface area contributed by atoms with E-state index in [1.807, 2.05) is 6.92 Å². The summed E-state index contributed by atoms with van der Waals surface area (Å²) in [6, 6.07) is 7.02. The molecule has 2 rings (SSSR count). The smallest absolute Gasteiger partial charge is 0.254 e. The molecule has 0 radical (unpaired) electrons. The van der Waals surface area contributed by atoms with Crippen LogP contribution in [0.5, 0.6) is 0 Å². The van der Waals surface area contributed by atoms with E-state index in [1.165, 1.54) is 16.2 Å². The van der Waals surface area contributed by atoms with Crippen molar-refractivity contribution in [3.05, 3.63) is 45.4 Å². The van der Waals surface area contributed by atoms with Crippen molar-refractivity contribution < 1.29 is 14.3 Å². The van der Waals surface area contributed by atoms with Gasteiger partial charge in [0.15, 0.2) is 5.13 Å². The number of nitrogens with one attached hydrogen (secondary N) is 1. The lowest BCUT2D eigenvalue weighted by Gasteiger charge is -2.21. The van der Waals surface area contributed by atoms with Crippen LogP contribution in [0.3, 0.4) is 0 Å². The number of nitrogens with zero attached hydrogens (tertiary/aromatic N) is 2. The van der Waals surface area contributed by atoms with Gasteiger partial charge in [-0.15, -0.1) is 11.3 Å². The standard InChI is InChI=1S/C16H18BrN3O3S/c1-11-9-18-16(24-11)19-14(21)10-20(7-8-23-2)15(22)12-3-5-13(17)6-4-12/h3-6,9H,7-8,10H2,1-2H3,(H,18,19,21). The number of halogens is 1. The Kier molecular flexibility index (Phi) is 6.89. The fraction of sp³-hybridized carbons (Fsp3) is 0.312. The maximum absolute atomic E-state index is 12.6. The molecule has 0 aliphatic rings. The van der Waals surface area contributed by atoms with Crippen molar-refractivity contribution in [2.75, 3.05) is 32.1 Å². The summed E-state index contributed by atoms with van der Waals surface area (Å²) in [5.74, 6) is -0.504. The number of thiazole rings is 1. The van der Waals surface area contributed by atoms with Crippen molar-refractivity contribution in [1.82, 2.24) is 9.88 Å². The van der Waals surface area contributed by atoms with E-state index in [2.05, 4.69) is 26.2 Å². The summed E-state index contributed by atoms with van der Waals surface area (Å²) in [7, 11) is 1.56. The SMILES string of the molecule is COCCN(CC(=O)Nc1ncc(C)s1)C(=O)c1ccc(Br)cc1. The van der Waals surface area contributed by atoms with Crippen LogP contribution in [-0.4, -0.2) is 48.5 Å². The summed E-state index contributed by atoms with van der Waals surface area (Å²) in [5.41, 5.74) is 0.521. The first-order chi connectivity index (χ1) is 11.5. The fourth-order valence-electron chi connectivity index (χ4n) is 1.97. The van der Waals surface area contributed by atoms with Crippen LogP contribution in [0.25, 0.3) is 0 Å². The largest absolute Gasteiger partial charge is 0.383 e. The molecule has 0 unspecified atom stereocenters. The molecule has 0 aliphatic carbocycles. The Hall–Kier alpha value is -1.77. The predicted molar refractivity (Wildman–Crippen MR) is 97.4 cm³/mol. The van der Waals surface area contributed by atoms with E-state index in [9.17, 15) is 9.59 Å². The molecule has 6 nitrogen and oxygen atoms in total. The second kappa shape index (κ2) is 8.91. The molecule has 0 spiro atoms. The molecule has 2 amide bonds. The highest BCUT2D eigenvalue weighted by Crippen LogP contribution is 2.17. The molecule has 0 aliphatic heterocycles. The summed E-state index contributed by atoms with van der Waals surface area (Å²) >= 11 is 4.73. The number of benzene rings is 1. The van der Waals surface area contributed by atoms with E-state index in [0.717, 1.165) is 9.35 Å². The van der Waals surface area contributed by atoms with E-state index >= 15 is 0 Å². The summed E-state index contributed by atoms with van der Waals surface area (Å²) < 4.78 is 5.93. The third-order valence-electron chi connectivity index (χ3n) is 3.15. The molecular weight excluding hydrogens is 394 g/mol. The van der Waals surface area contributed by atoms with Gasteiger partial charge in [-0.1, -0.05) is 15.9 Å². The molecule has 128 valence electrons. The topological polar surface area (TPSA) is 71.5 Å². The molecular formula is C16H18BrN3O3S. The maximum atomic E-state index is 12.6. The molecule has 1 aromatic heterocycles. The first-order valence-electron chi connectivity index (χ1n) is 7.25. The second-order valence-electron chi connectivity index (χ2n) is 5.05. The van der Waals surface area contributed by atoms with Crippen LogP contribution in [0, 0.1) is 6.92 Å². The Balaban J connectivity index is 2.05. The Morgan fingerprint density at radius 2 is 2.04 bits per heavy atom. The van der Waals surface area contributed by atoms with Crippen LogP contribution < -0.4 is 5.32 Å². The van der Waals surface area contributed by atoms with Gasteiger partial charge < -0.3 is 15.0 Å². The van der Waals surface area contributed by atoms with Crippen molar-refractivity contribution in [1.29, 1.82) is 0 Å². The Labute approximate surface area is 153 Å². The monoisotopic (exact) mass is 411 g/mol. The van der Waals surface area contributed by atoms with E-state index in [4.69, 9.17) is 4.74 Å². The molecule has 8 heteroatoms. The van der Waals surface area contributed by atoms with Crippen molar-refractivity contribution in [2.24, 2.45) is 0 Å². The number of aromatic nitrogens is 1. The molecule has 24 heavy (non-hydrogen) atoms. The second-order valence-corrected chi connectivity index (χ2v) is 7.20. The van der Waals surface area contributed by atoms with E-state index in [1.54, 1.807) is 37.6 Å². The van der Waals surface area contributed by atoms with Crippen LogP contribution >= 0.6 is 27.3 Å². The highest BCUT2D eigenvalue weighted by molar-refractivity contribution is 9.10. The van der Waals surface area contributed by atoms with Crippen molar-refractivity contribution in [3.8, 4) is 0 Å². The van der Waals surface area contributed by atoms with Gasteiger partial charge in [0.05, 0.1) is 6.61 Å². The lowest BCUT2D eigenvalue weighted by atomic mass is 10.2. The molecule has 0 saturated carbocycles. The first-order valence-corrected chi connectivity index (χ1v) is 8.86. The van der Waals surface area contributed by atoms with Crippen molar-refractivity contribution in [2.45, 2.75) is 6.92 Å². The minimum atomic E-state index is -0.286. The number of ether oxygens (including phenoxy) is 1. The lowest BCUT2D eigenvalue weighted by Crippen LogP contribution is -2.40. The third kappa shape index (κ3) is 5.40. The number of anilines is 1. The molecule has 1 heterocycles. The number of carbonyl (C=O) groups is 2. The van der Waals surface area contributed by atoms with E-state index in [0.29, 0.717) is 23.8 Å². The number of aryl methyl sites for hydroxylation is 1. The summed E-state index contributed by atoms with van der Waals surface area (Å²) in [5, 5.41) is 3.24. The molecule has 0 saturated heterocycles. The van der Waals surface area contributed by atoms with Gasteiger partial charge in [-0.05, 0) is 31.2 Å². The number of methoxy groups -OCH3 is 1. The van der Waals surface area contributed by atoms with Crippen molar-refractivity contribution >= 4 is 44.2 Å². The molecule has 0 atom stereocenters. The van der Waals surface area contributed by atoms with Gasteiger partial charge in [-0.25, -0.2) is 4.98 Å². The zero-order chi connectivity index (χ0) is 17.5. The predicted octanol–water partition coefficient (Wildman–Crippen LogP) is 2.94. The zero-order valence-electron chi connectivity index (χ0n) is 13.4. The van der Waals surface area contributed by atoms with Crippen LogP contribution in [-0.2, 0) is 9.53 Å². The van der Waals surface area contributed by atoms with E-state index < -0.39 is 0 Å². The molecule has 1 N–H and O–H groups in total. The fourth-order valence-corrected chi connectivity index (χ4v) is 2.92.